The molecule has 0 aliphatic rings. The van der Waals surface area contributed by atoms with E-state index in [1.165, 1.54) is 0 Å². The number of aromatic nitrogens is 1. The third kappa shape index (κ3) is 3.93. The average molecular weight is 308 g/mol. The number of methoxy groups -OCH3 is 2. The lowest BCUT2D eigenvalue weighted by molar-refractivity contribution is 0.0696. The molecule has 0 radical (unpaired) electrons. The van der Waals surface area contributed by atoms with Crippen LogP contribution in [-0.4, -0.2) is 30.3 Å². The fourth-order valence-electron chi connectivity index (χ4n) is 1.81. The Morgan fingerprint density at radius 1 is 1.29 bits per heavy atom. The van der Waals surface area contributed by atoms with Gasteiger partial charge in [0.25, 0.3) is 0 Å². The zero-order valence-corrected chi connectivity index (χ0v) is 12.6. The summed E-state index contributed by atoms with van der Waals surface area (Å²) in [6, 6.07) is 5.69. The number of carboxylic acid groups (broad SMARTS) is 1. The van der Waals surface area contributed by atoms with E-state index in [1.807, 2.05) is 18.2 Å². The lowest BCUT2D eigenvalue weighted by Crippen LogP contribution is -2.13. The van der Waals surface area contributed by atoms with Gasteiger partial charge < -0.3 is 19.9 Å². The topological polar surface area (TPSA) is 80.7 Å². The summed E-state index contributed by atoms with van der Waals surface area (Å²) in [6.45, 7) is 1.14. The zero-order chi connectivity index (χ0) is 15.2. The number of nitrogens with one attached hydrogen (secondary N) is 1. The fraction of sp³-hybridized carbons (Fsp3) is 0.286. The van der Waals surface area contributed by atoms with Gasteiger partial charge in [0.05, 0.1) is 19.9 Å². The second-order valence-corrected chi connectivity index (χ2v) is 5.10. The first kappa shape index (κ1) is 15.3. The van der Waals surface area contributed by atoms with Crippen LogP contribution in [0.2, 0.25) is 0 Å². The van der Waals surface area contributed by atoms with Crippen molar-refractivity contribution in [2.75, 3.05) is 14.2 Å². The number of carboxylic acids is 1. The monoisotopic (exact) mass is 308 g/mol. The smallest absolute Gasteiger partial charge is 0.365 e. The number of hydrogen-bond donors (Lipinski definition) is 2. The Morgan fingerprint density at radius 3 is 2.67 bits per heavy atom. The average Bonchev–Trinajstić information content (AvgIpc) is 2.96. The molecule has 21 heavy (non-hydrogen) atoms. The Morgan fingerprint density at radius 2 is 2.05 bits per heavy atom. The van der Waals surface area contributed by atoms with Crippen LogP contribution in [-0.2, 0) is 13.1 Å². The quantitative estimate of drug-likeness (QED) is 0.816. The molecule has 0 fully saturated rings. The van der Waals surface area contributed by atoms with Gasteiger partial charge in [0.2, 0.25) is 5.01 Å². The summed E-state index contributed by atoms with van der Waals surface area (Å²) in [6.07, 6.45) is 0. The van der Waals surface area contributed by atoms with Crippen LogP contribution >= 0.6 is 11.3 Å². The lowest BCUT2D eigenvalue weighted by Gasteiger charge is -2.09. The number of ether oxygens (including phenoxy) is 2. The van der Waals surface area contributed by atoms with Crippen molar-refractivity contribution in [3.8, 4) is 11.5 Å². The maximum atomic E-state index is 10.7. The second-order valence-electron chi connectivity index (χ2n) is 4.24. The molecule has 0 saturated heterocycles. The maximum absolute atomic E-state index is 10.7. The van der Waals surface area contributed by atoms with E-state index >= 15 is 0 Å². The minimum Gasteiger partial charge on any atom is -0.493 e. The standard InChI is InChI=1S/C14H16N2O4S/c1-19-11-4-3-9(5-12(11)20-2)6-15-7-10-8-21-13(16-10)14(17)18/h3-5,8,15H,6-7H2,1-2H3,(H,17,18). The van der Waals surface area contributed by atoms with Crippen molar-refractivity contribution in [2.24, 2.45) is 0 Å². The van der Waals surface area contributed by atoms with E-state index in [1.54, 1.807) is 19.6 Å². The third-order valence-corrected chi connectivity index (χ3v) is 3.70. The van der Waals surface area contributed by atoms with Crippen molar-refractivity contribution in [1.29, 1.82) is 0 Å². The third-order valence-electron chi connectivity index (χ3n) is 2.82. The first-order chi connectivity index (χ1) is 10.1. The van der Waals surface area contributed by atoms with Gasteiger partial charge in [-0.25, -0.2) is 9.78 Å². The number of hydrogen-bond acceptors (Lipinski definition) is 6. The number of carbonyl (C=O) groups is 1. The van der Waals surface area contributed by atoms with Crippen LogP contribution in [0, 0.1) is 0 Å². The first-order valence-electron chi connectivity index (χ1n) is 6.23. The maximum Gasteiger partial charge on any atom is 0.365 e. The predicted molar refractivity (Wildman–Crippen MR) is 79.2 cm³/mol. The summed E-state index contributed by atoms with van der Waals surface area (Å²) in [5, 5.41) is 13.9. The minimum atomic E-state index is -0.994. The number of thiazole rings is 1. The van der Waals surface area contributed by atoms with E-state index in [9.17, 15) is 4.79 Å². The molecule has 7 heteroatoms. The first-order valence-corrected chi connectivity index (χ1v) is 7.11. The summed E-state index contributed by atoms with van der Waals surface area (Å²) in [7, 11) is 3.19. The molecule has 0 spiro atoms. The molecule has 112 valence electrons. The molecule has 2 rings (SSSR count). The van der Waals surface area contributed by atoms with Crippen LogP contribution < -0.4 is 14.8 Å². The largest absolute Gasteiger partial charge is 0.493 e. The van der Waals surface area contributed by atoms with E-state index < -0.39 is 5.97 Å². The van der Waals surface area contributed by atoms with Gasteiger partial charge >= 0.3 is 5.97 Å². The highest BCUT2D eigenvalue weighted by molar-refractivity contribution is 7.11. The van der Waals surface area contributed by atoms with Crippen molar-refractivity contribution >= 4 is 17.3 Å². The highest BCUT2D eigenvalue weighted by Gasteiger charge is 2.09. The number of nitrogens with zero attached hydrogens (tertiary/aromatic N) is 1. The Balaban J connectivity index is 1.92. The summed E-state index contributed by atoms with van der Waals surface area (Å²) < 4.78 is 10.4. The molecule has 0 aliphatic carbocycles. The second kappa shape index (κ2) is 7.05. The van der Waals surface area contributed by atoms with Gasteiger partial charge in [-0.2, -0.15) is 0 Å². The Bertz CT molecular complexity index is 627. The van der Waals surface area contributed by atoms with Gasteiger partial charge in [0.15, 0.2) is 11.5 Å². The van der Waals surface area contributed by atoms with Gasteiger partial charge in [-0.1, -0.05) is 6.07 Å². The molecular formula is C14H16N2O4S. The normalized spacial score (nSPS) is 10.4. The SMILES string of the molecule is COc1ccc(CNCc2csc(C(=O)O)n2)cc1OC. The van der Waals surface area contributed by atoms with Crippen LogP contribution in [0.25, 0.3) is 0 Å². The van der Waals surface area contributed by atoms with Gasteiger partial charge in [0, 0.05) is 18.5 Å². The molecule has 1 heterocycles. The highest BCUT2D eigenvalue weighted by Crippen LogP contribution is 2.27. The molecule has 1 aromatic heterocycles. The van der Waals surface area contributed by atoms with E-state index in [0.717, 1.165) is 22.6 Å². The van der Waals surface area contributed by atoms with E-state index in [2.05, 4.69) is 10.3 Å². The predicted octanol–water partition coefficient (Wildman–Crippen LogP) is 2.15. The molecule has 0 aliphatic heterocycles. The van der Waals surface area contributed by atoms with Gasteiger partial charge in [0.1, 0.15) is 0 Å². The van der Waals surface area contributed by atoms with Crippen LogP contribution in [0.1, 0.15) is 21.1 Å². The van der Waals surface area contributed by atoms with Crippen molar-refractivity contribution in [1.82, 2.24) is 10.3 Å². The summed E-state index contributed by atoms with van der Waals surface area (Å²) in [4.78, 5) is 14.8. The fourth-order valence-corrected chi connectivity index (χ4v) is 2.47. The molecule has 2 aromatic rings. The molecule has 2 N–H and O–H groups in total. The van der Waals surface area contributed by atoms with Crippen LogP contribution in [0.15, 0.2) is 23.6 Å². The number of rotatable bonds is 7. The molecular weight excluding hydrogens is 292 g/mol. The van der Waals surface area contributed by atoms with Crippen LogP contribution in [0.3, 0.4) is 0 Å². The molecule has 0 amide bonds. The molecule has 0 saturated carbocycles. The molecule has 1 aromatic carbocycles. The van der Waals surface area contributed by atoms with Crippen molar-refractivity contribution in [3.63, 3.8) is 0 Å². The molecule has 0 unspecified atom stereocenters. The molecule has 0 bridgehead atoms. The minimum absolute atomic E-state index is 0.109. The summed E-state index contributed by atoms with van der Waals surface area (Å²) in [5.74, 6) is 0.372. The summed E-state index contributed by atoms with van der Waals surface area (Å²) in [5.41, 5.74) is 1.76. The zero-order valence-electron chi connectivity index (χ0n) is 11.8. The Kier molecular flexibility index (Phi) is 5.13. The van der Waals surface area contributed by atoms with Gasteiger partial charge in [-0.3, -0.25) is 0 Å². The van der Waals surface area contributed by atoms with Gasteiger partial charge in [-0.15, -0.1) is 11.3 Å². The van der Waals surface area contributed by atoms with Gasteiger partial charge in [-0.05, 0) is 17.7 Å². The molecule has 6 nitrogen and oxygen atoms in total. The lowest BCUT2D eigenvalue weighted by atomic mass is 10.2. The van der Waals surface area contributed by atoms with Crippen molar-refractivity contribution < 1.29 is 19.4 Å². The Labute approximate surface area is 126 Å². The summed E-state index contributed by atoms with van der Waals surface area (Å²) >= 11 is 1.13. The molecule has 0 atom stereocenters. The van der Waals surface area contributed by atoms with Crippen molar-refractivity contribution in [3.05, 3.63) is 39.8 Å². The van der Waals surface area contributed by atoms with Crippen molar-refractivity contribution in [2.45, 2.75) is 13.1 Å². The van der Waals surface area contributed by atoms with E-state index in [-0.39, 0.29) is 5.01 Å². The highest BCUT2D eigenvalue weighted by atomic mass is 32.1. The van der Waals surface area contributed by atoms with E-state index in [4.69, 9.17) is 14.6 Å². The van der Waals surface area contributed by atoms with Crippen LogP contribution in [0.5, 0.6) is 11.5 Å². The Hall–Kier alpha value is -2.12. The number of aromatic carboxylic acids is 1. The number of benzene rings is 1. The van der Waals surface area contributed by atoms with Crippen LogP contribution in [0.4, 0.5) is 0 Å². The van der Waals surface area contributed by atoms with E-state index in [0.29, 0.717) is 24.6 Å².